The average molecular weight is 536 g/mol. The number of methoxy groups -OCH3 is 1. The van der Waals surface area contributed by atoms with Crippen molar-refractivity contribution in [1.29, 1.82) is 0 Å². The molecule has 4 aromatic rings. The third-order valence-corrected chi connectivity index (χ3v) is 7.49. The SMILES string of the molecule is COC(=O)[C@@H](Cc1c[nH]c2ccccc12)NC(=O)c1ccc(NS(=O)(=O)c2ccc3c(c2)OCCO3)cc1. The number of H-pyrrole nitrogens is 1. The summed E-state index contributed by atoms with van der Waals surface area (Å²) in [6, 6.07) is 17.0. The summed E-state index contributed by atoms with van der Waals surface area (Å²) in [5.74, 6) is -0.228. The Balaban J connectivity index is 1.28. The van der Waals surface area contributed by atoms with Crippen molar-refractivity contribution in [3.05, 3.63) is 84.1 Å². The summed E-state index contributed by atoms with van der Waals surface area (Å²) in [7, 11) is -2.65. The van der Waals surface area contributed by atoms with Gasteiger partial charge in [0.05, 0.1) is 12.0 Å². The molecule has 38 heavy (non-hydrogen) atoms. The van der Waals surface area contributed by atoms with Crippen molar-refractivity contribution in [2.24, 2.45) is 0 Å². The Labute approximate surface area is 219 Å². The van der Waals surface area contributed by atoms with Gasteiger partial charge in [0, 0.05) is 40.8 Å². The van der Waals surface area contributed by atoms with Crippen LogP contribution in [-0.2, 0) is 26.0 Å². The fourth-order valence-electron chi connectivity index (χ4n) is 4.19. The lowest BCUT2D eigenvalue weighted by Crippen LogP contribution is -2.43. The van der Waals surface area contributed by atoms with Crippen LogP contribution >= 0.6 is 0 Å². The quantitative estimate of drug-likeness (QED) is 0.295. The van der Waals surface area contributed by atoms with E-state index in [-0.39, 0.29) is 22.6 Å². The van der Waals surface area contributed by atoms with Crippen molar-refractivity contribution in [2.75, 3.05) is 25.0 Å². The van der Waals surface area contributed by atoms with Gasteiger partial charge in [-0.3, -0.25) is 9.52 Å². The Morgan fingerprint density at radius 3 is 2.50 bits per heavy atom. The Morgan fingerprint density at radius 2 is 1.74 bits per heavy atom. The molecule has 3 aromatic carbocycles. The largest absolute Gasteiger partial charge is 0.486 e. The highest BCUT2D eigenvalue weighted by atomic mass is 32.2. The summed E-state index contributed by atoms with van der Waals surface area (Å²) in [6.07, 6.45) is 2.03. The number of fused-ring (bicyclic) bond motifs is 2. The number of aromatic amines is 1. The number of hydrogen-bond donors (Lipinski definition) is 3. The highest BCUT2D eigenvalue weighted by molar-refractivity contribution is 7.92. The van der Waals surface area contributed by atoms with Gasteiger partial charge in [0.25, 0.3) is 15.9 Å². The van der Waals surface area contributed by atoms with E-state index < -0.39 is 27.9 Å². The van der Waals surface area contributed by atoms with E-state index in [0.29, 0.717) is 24.7 Å². The number of carbonyl (C=O) groups is 2. The molecule has 0 aliphatic carbocycles. The van der Waals surface area contributed by atoms with Gasteiger partial charge in [0.2, 0.25) is 0 Å². The molecule has 0 fully saturated rings. The summed E-state index contributed by atoms with van der Waals surface area (Å²) in [4.78, 5) is 28.5. The highest BCUT2D eigenvalue weighted by Gasteiger charge is 2.24. The highest BCUT2D eigenvalue weighted by Crippen LogP contribution is 2.32. The molecule has 2 heterocycles. The van der Waals surface area contributed by atoms with E-state index in [0.717, 1.165) is 16.5 Å². The predicted octanol–water partition coefficient (Wildman–Crippen LogP) is 3.25. The monoisotopic (exact) mass is 535 g/mol. The third kappa shape index (κ3) is 5.28. The maximum Gasteiger partial charge on any atom is 0.328 e. The van der Waals surface area contributed by atoms with Crippen molar-refractivity contribution in [3.8, 4) is 11.5 Å². The molecule has 1 aromatic heterocycles. The van der Waals surface area contributed by atoms with Crippen LogP contribution in [0, 0.1) is 0 Å². The first-order valence-electron chi connectivity index (χ1n) is 11.8. The molecule has 0 saturated carbocycles. The summed E-state index contributed by atoms with van der Waals surface area (Å²) in [5, 5.41) is 3.67. The molecule has 196 valence electrons. The van der Waals surface area contributed by atoms with Crippen LogP contribution < -0.4 is 19.5 Å². The minimum atomic E-state index is -3.91. The molecule has 1 aliphatic heterocycles. The molecule has 0 radical (unpaired) electrons. The number of anilines is 1. The van der Waals surface area contributed by atoms with Gasteiger partial charge in [0.1, 0.15) is 19.3 Å². The third-order valence-electron chi connectivity index (χ3n) is 6.11. The lowest BCUT2D eigenvalue weighted by molar-refractivity contribution is -0.142. The molecule has 0 bridgehead atoms. The molecule has 11 heteroatoms. The molecule has 1 amide bonds. The number of benzene rings is 3. The first-order valence-corrected chi connectivity index (χ1v) is 13.3. The second-order valence-electron chi connectivity index (χ2n) is 8.60. The van der Waals surface area contributed by atoms with Gasteiger partial charge in [-0.1, -0.05) is 18.2 Å². The maximum atomic E-state index is 12.9. The molecule has 10 nitrogen and oxygen atoms in total. The number of amides is 1. The van der Waals surface area contributed by atoms with Crippen molar-refractivity contribution >= 4 is 38.5 Å². The second-order valence-corrected chi connectivity index (χ2v) is 10.3. The standard InChI is InChI=1S/C27H25N3O7S/c1-35-27(32)23(14-18-16-28-22-5-3-2-4-21(18)22)29-26(31)17-6-8-19(9-7-17)30-38(33,34)20-10-11-24-25(15-20)37-13-12-36-24/h2-11,15-16,23,28,30H,12-14H2,1H3,(H,29,31)/t23-/m1/s1. The van der Waals surface area contributed by atoms with Crippen LogP contribution in [0.4, 0.5) is 5.69 Å². The Bertz CT molecular complexity index is 1600. The number of sulfonamides is 1. The molecule has 3 N–H and O–H groups in total. The summed E-state index contributed by atoms with van der Waals surface area (Å²) in [5.41, 5.74) is 2.30. The van der Waals surface area contributed by atoms with Crippen LogP contribution in [0.5, 0.6) is 11.5 Å². The van der Waals surface area contributed by atoms with E-state index in [2.05, 4.69) is 15.0 Å². The molecular formula is C27H25N3O7S. The van der Waals surface area contributed by atoms with Gasteiger partial charge < -0.3 is 24.5 Å². The Morgan fingerprint density at radius 1 is 1.00 bits per heavy atom. The smallest absolute Gasteiger partial charge is 0.328 e. The molecule has 0 spiro atoms. The number of hydrogen-bond acceptors (Lipinski definition) is 7. The average Bonchev–Trinajstić information content (AvgIpc) is 3.34. The van der Waals surface area contributed by atoms with Crippen LogP contribution in [-0.4, -0.2) is 51.6 Å². The van der Waals surface area contributed by atoms with Gasteiger partial charge >= 0.3 is 5.97 Å². The molecular weight excluding hydrogens is 510 g/mol. The van der Waals surface area contributed by atoms with Crippen molar-refractivity contribution < 1.29 is 32.2 Å². The maximum absolute atomic E-state index is 12.9. The van der Waals surface area contributed by atoms with Crippen molar-refractivity contribution in [1.82, 2.24) is 10.3 Å². The van der Waals surface area contributed by atoms with Crippen LogP contribution in [0.1, 0.15) is 15.9 Å². The van der Waals surface area contributed by atoms with E-state index in [9.17, 15) is 18.0 Å². The zero-order chi connectivity index (χ0) is 26.7. The van der Waals surface area contributed by atoms with Crippen LogP contribution in [0.3, 0.4) is 0 Å². The van der Waals surface area contributed by atoms with E-state index in [1.54, 1.807) is 12.3 Å². The van der Waals surface area contributed by atoms with Crippen LogP contribution in [0.2, 0.25) is 0 Å². The number of aromatic nitrogens is 1. The second kappa shape index (κ2) is 10.5. The van der Waals surface area contributed by atoms with Crippen molar-refractivity contribution in [3.63, 3.8) is 0 Å². The first-order chi connectivity index (χ1) is 18.3. The molecule has 5 rings (SSSR count). The van der Waals surface area contributed by atoms with Gasteiger partial charge in [-0.15, -0.1) is 0 Å². The summed E-state index contributed by atoms with van der Waals surface area (Å²) >= 11 is 0. The van der Waals surface area contributed by atoms with Crippen molar-refractivity contribution in [2.45, 2.75) is 17.4 Å². The van der Waals surface area contributed by atoms with E-state index in [4.69, 9.17) is 14.2 Å². The van der Waals surface area contributed by atoms with E-state index in [1.165, 1.54) is 43.5 Å². The number of para-hydroxylation sites is 1. The Hall–Kier alpha value is -4.51. The number of nitrogens with one attached hydrogen (secondary N) is 3. The fourth-order valence-corrected chi connectivity index (χ4v) is 5.27. The molecule has 1 atom stereocenters. The molecule has 0 saturated heterocycles. The lowest BCUT2D eigenvalue weighted by atomic mass is 10.0. The van der Waals surface area contributed by atoms with E-state index >= 15 is 0 Å². The van der Waals surface area contributed by atoms with Crippen LogP contribution in [0.25, 0.3) is 10.9 Å². The zero-order valence-corrected chi connectivity index (χ0v) is 21.2. The van der Waals surface area contributed by atoms with Gasteiger partial charge in [-0.05, 0) is 48.0 Å². The summed E-state index contributed by atoms with van der Waals surface area (Å²) < 4.78 is 44.0. The minimum Gasteiger partial charge on any atom is -0.486 e. The first kappa shape index (κ1) is 25.2. The molecule has 0 unspecified atom stereocenters. The number of carbonyl (C=O) groups excluding carboxylic acids is 2. The number of esters is 1. The predicted molar refractivity (Wildman–Crippen MR) is 140 cm³/mol. The van der Waals surface area contributed by atoms with Gasteiger partial charge in [-0.25, -0.2) is 13.2 Å². The van der Waals surface area contributed by atoms with Gasteiger partial charge in [0.15, 0.2) is 11.5 Å². The summed E-state index contributed by atoms with van der Waals surface area (Å²) in [6.45, 7) is 0.743. The van der Waals surface area contributed by atoms with E-state index in [1.807, 2.05) is 24.3 Å². The lowest BCUT2D eigenvalue weighted by Gasteiger charge is -2.19. The molecule has 1 aliphatic rings. The van der Waals surface area contributed by atoms with Gasteiger partial charge in [-0.2, -0.15) is 0 Å². The topological polar surface area (TPSA) is 136 Å². The fraction of sp³-hybridized carbons (Fsp3) is 0.185. The van der Waals surface area contributed by atoms with Crippen LogP contribution in [0.15, 0.2) is 77.8 Å². The Kier molecular flexibility index (Phi) is 6.93. The normalized spacial score (nSPS) is 13.5. The number of ether oxygens (including phenoxy) is 3. The zero-order valence-electron chi connectivity index (χ0n) is 20.4. The minimum absolute atomic E-state index is 0.0155. The number of rotatable bonds is 8.